The largest absolute Gasteiger partial charge is 0.289 e. The molecular formula is C14H11FN4S. The van der Waals surface area contributed by atoms with Crippen molar-refractivity contribution in [3.63, 3.8) is 0 Å². The summed E-state index contributed by atoms with van der Waals surface area (Å²) < 4.78 is 15.3. The molecule has 0 N–H and O–H groups in total. The number of halogens is 1. The van der Waals surface area contributed by atoms with E-state index in [1.165, 1.54) is 17.8 Å². The van der Waals surface area contributed by atoms with Crippen molar-refractivity contribution in [3.05, 3.63) is 66.5 Å². The van der Waals surface area contributed by atoms with Gasteiger partial charge in [-0.2, -0.15) is 0 Å². The molecule has 0 saturated heterocycles. The van der Waals surface area contributed by atoms with Crippen LogP contribution in [0.4, 0.5) is 4.39 Å². The topological polar surface area (TPSA) is 43.6 Å². The first-order valence-corrected chi connectivity index (χ1v) is 7.00. The van der Waals surface area contributed by atoms with Crippen LogP contribution < -0.4 is 0 Å². The summed E-state index contributed by atoms with van der Waals surface area (Å²) in [6, 6.07) is 10.5. The number of rotatable bonds is 4. The van der Waals surface area contributed by atoms with E-state index < -0.39 is 0 Å². The maximum Gasteiger partial charge on any atom is 0.160 e. The third-order valence-electron chi connectivity index (χ3n) is 2.73. The summed E-state index contributed by atoms with van der Waals surface area (Å²) in [7, 11) is 0. The van der Waals surface area contributed by atoms with Crippen LogP contribution in [0.3, 0.4) is 0 Å². The minimum Gasteiger partial charge on any atom is -0.289 e. The number of benzene rings is 1. The average molecular weight is 286 g/mol. The van der Waals surface area contributed by atoms with Gasteiger partial charge in [0.1, 0.15) is 17.2 Å². The molecule has 2 heterocycles. The smallest absolute Gasteiger partial charge is 0.160 e. The first-order valence-electron chi connectivity index (χ1n) is 6.01. The lowest BCUT2D eigenvalue weighted by atomic mass is 10.2. The van der Waals surface area contributed by atoms with Crippen molar-refractivity contribution in [2.45, 2.75) is 10.8 Å². The third-order valence-corrected chi connectivity index (χ3v) is 3.70. The number of hydrogen-bond donors (Lipinski definition) is 0. The van der Waals surface area contributed by atoms with Gasteiger partial charge in [-0.05, 0) is 23.8 Å². The van der Waals surface area contributed by atoms with Crippen LogP contribution in [-0.4, -0.2) is 19.7 Å². The molecule has 0 atom stereocenters. The number of imidazole rings is 1. The summed E-state index contributed by atoms with van der Waals surface area (Å²) in [4.78, 5) is 3.95. The molecule has 6 heteroatoms. The normalized spacial score (nSPS) is 10.7. The average Bonchev–Trinajstić information content (AvgIpc) is 3.01. The summed E-state index contributed by atoms with van der Waals surface area (Å²) in [5.41, 5.74) is 0.665. The number of aromatic nitrogens is 4. The van der Waals surface area contributed by atoms with Crippen molar-refractivity contribution in [3.8, 4) is 5.82 Å². The monoisotopic (exact) mass is 286 g/mol. The molecule has 4 nitrogen and oxygen atoms in total. The van der Waals surface area contributed by atoms with E-state index in [-0.39, 0.29) is 5.82 Å². The van der Waals surface area contributed by atoms with Gasteiger partial charge in [0.2, 0.25) is 0 Å². The van der Waals surface area contributed by atoms with Crippen LogP contribution in [0.1, 0.15) is 5.56 Å². The van der Waals surface area contributed by atoms with Crippen molar-refractivity contribution in [2.75, 3.05) is 0 Å². The molecule has 0 unspecified atom stereocenters. The Morgan fingerprint density at radius 2 is 2.00 bits per heavy atom. The van der Waals surface area contributed by atoms with Crippen molar-refractivity contribution in [1.82, 2.24) is 19.7 Å². The van der Waals surface area contributed by atoms with Crippen molar-refractivity contribution in [2.24, 2.45) is 0 Å². The minimum absolute atomic E-state index is 0.192. The van der Waals surface area contributed by atoms with Gasteiger partial charge in [0.05, 0.1) is 0 Å². The first kappa shape index (κ1) is 12.8. The summed E-state index contributed by atoms with van der Waals surface area (Å²) in [5, 5.41) is 9.00. The van der Waals surface area contributed by atoms with Crippen LogP contribution in [0.5, 0.6) is 0 Å². The van der Waals surface area contributed by atoms with Gasteiger partial charge in [-0.15, -0.1) is 10.2 Å². The maximum absolute atomic E-state index is 13.5. The van der Waals surface area contributed by atoms with Gasteiger partial charge >= 0.3 is 0 Å². The Morgan fingerprint density at radius 3 is 2.70 bits per heavy atom. The molecule has 0 fully saturated rings. The fraction of sp³-hybridized carbons (Fsp3) is 0.0714. The summed E-state index contributed by atoms with van der Waals surface area (Å²) in [5.74, 6) is 1.05. The van der Waals surface area contributed by atoms with Gasteiger partial charge in [-0.1, -0.05) is 30.0 Å². The van der Waals surface area contributed by atoms with E-state index in [4.69, 9.17) is 0 Å². The van der Waals surface area contributed by atoms with Gasteiger partial charge in [0.15, 0.2) is 5.82 Å². The molecule has 2 aromatic heterocycles. The highest BCUT2D eigenvalue weighted by Gasteiger charge is 2.04. The molecule has 0 aliphatic rings. The molecule has 100 valence electrons. The Kier molecular flexibility index (Phi) is 3.73. The Labute approximate surface area is 119 Å². The van der Waals surface area contributed by atoms with Crippen LogP contribution in [0, 0.1) is 5.82 Å². The number of nitrogens with zero attached hydrogens (tertiary/aromatic N) is 4. The molecular weight excluding hydrogens is 275 g/mol. The minimum atomic E-state index is -0.192. The molecule has 0 bridgehead atoms. The zero-order valence-corrected chi connectivity index (χ0v) is 11.3. The highest BCUT2D eigenvalue weighted by Crippen LogP contribution is 2.22. The molecule has 0 spiro atoms. The Hall–Kier alpha value is -2.21. The summed E-state index contributed by atoms with van der Waals surface area (Å²) >= 11 is 1.46. The highest BCUT2D eigenvalue weighted by molar-refractivity contribution is 7.98. The van der Waals surface area contributed by atoms with E-state index >= 15 is 0 Å². The Balaban J connectivity index is 1.68. The van der Waals surface area contributed by atoms with Crippen LogP contribution >= 0.6 is 11.8 Å². The molecule has 0 radical (unpaired) electrons. The lowest BCUT2D eigenvalue weighted by Gasteiger charge is -2.03. The quantitative estimate of drug-likeness (QED) is 0.691. The second-order valence-electron chi connectivity index (χ2n) is 4.08. The fourth-order valence-electron chi connectivity index (χ4n) is 1.69. The van der Waals surface area contributed by atoms with Gasteiger partial charge in [-0.25, -0.2) is 9.37 Å². The predicted octanol–water partition coefficient (Wildman–Crippen LogP) is 3.09. The first-order chi connectivity index (χ1) is 9.83. The molecule has 0 aliphatic carbocycles. The maximum atomic E-state index is 13.5. The van der Waals surface area contributed by atoms with Gasteiger partial charge in [0.25, 0.3) is 0 Å². The number of thioether (sulfide) groups is 1. The van der Waals surface area contributed by atoms with Gasteiger partial charge in [-0.3, -0.25) is 4.57 Å². The number of hydrogen-bond acceptors (Lipinski definition) is 4. The molecule has 0 amide bonds. The van der Waals surface area contributed by atoms with E-state index in [2.05, 4.69) is 15.2 Å². The van der Waals surface area contributed by atoms with Crippen molar-refractivity contribution < 1.29 is 4.39 Å². The molecule has 0 aliphatic heterocycles. The van der Waals surface area contributed by atoms with E-state index in [1.807, 2.05) is 18.2 Å². The van der Waals surface area contributed by atoms with Crippen LogP contribution in [0.15, 0.2) is 60.1 Å². The Bertz CT molecular complexity index is 683. The lowest BCUT2D eigenvalue weighted by Crippen LogP contribution is -1.97. The third kappa shape index (κ3) is 2.85. The summed E-state index contributed by atoms with van der Waals surface area (Å²) in [6.45, 7) is 0. The fourth-order valence-corrected chi connectivity index (χ4v) is 2.49. The van der Waals surface area contributed by atoms with Gasteiger partial charge < -0.3 is 0 Å². The zero-order chi connectivity index (χ0) is 13.8. The van der Waals surface area contributed by atoms with Crippen molar-refractivity contribution >= 4 is 11.8 Å². The molecule has 1 aromatic carbocycles. The second kappa shape index (κ2) is 5.83. The van der Waals surface area contributed by atoms with Crippen molar-refractivity contribution in [1.29, 1.82) is 0 Å². The van der Waals surface area contributed by atoms with E-state index in [0.29, 0.717) is 17.1 Å². The second-order valence-corrected chi connectivity index (χ2v) is 5.08. The van der Waals surface area contributed by atoms with E-state index in [1.54, 1.807) is 35.4 Å². The SMILES string of the molecule is Fc1ccccc1CSc1ccc(-n2ccnc2)nn1. The molecule has 20 heavy (non-hydrogen) atoms. The van der Waals surface area contributed by atoms with Crippen LogP contribution in [0.2, 0.25) is 0 Å². The molecule has 0 saturated carbocycles. The molecule has 3 aromatic rings. The predicted molar refractivity (Wildman–Crippen MR) is 75.1 cm³/mol. The highest BCUT2D eigenvalue weighted by atomic mass is 32.2. The molecule has 3 rings (SSSR count). The van der Waals surface area contributed by atoms with Gasteiger partial charge in [0, 0.05) is 18.1 Å². The Morgan fingerprint density at radius 1 is 1.10 bits per heavy atom. The zero-order valence-electron chi connectivity index (χ0n) is 10.5. The van der Waals surface area contributed by atoms with E-state index in [0.717, 1.165) is 5.03 Å². The lowest BCUT2D eigenvalue weighted by molar-refractivity contribution is 0.617. The van der Waals surface area contributed by atoms with Crippen LogP contribution in [0.25, 0.3) is 5.82 Å². The van der Waals surface area contributed by atoms with E-state index in [9.17, 15) is 4.39 Å². The summed E-state index contributed by atoms with van der Waals surface area (Å²) in [6.07, 6.45) is 5.15. The standard InChI is InChI=1S/C14H11FN4S/c15-12-4-2-1-3-11(12)9-20-14-6-5-13(17-18-14)19-8-7-16-10-19/h1-8,10H,9H2. The van der Waals surface area contributed by atoms with Crippen LogP contribution in [-0.2, 0) is 5.75 Å².